The first-order valence-electron chi connectivity index (χ1n) is 10.8. The second-order valence-corrected chi connectivity index (χ2v) is 8.49. The Labute approximate surface area is 205 Å². The first-order chi connectivity index (χ1) is 17.0. The van der Waals surface area contributed by atoms with E-state index in [2.05, 4.69) is 31.2 Å². The smallest absolute Gasteiger partial charge is 0.293 e. The summed E-state index contributed by atoms with van der Waals surface area (Å²) in [5.74, 6) is 0.701. The van der Waals surface area contributed by atoms with Gasteiger partial charge in [0.2, 0.25) is 11.6 Å². The van der Waals surface area contributed by atoms with Gasteiger partial charge < -0.3 is 10.5 Å². The molecule has 12 heteroatoms. The van der Waals surface area contributed by atoms with Gasteiger partial charge in [0.05, 0.1) is 18.0 Å². The van der Waals surface area contributed by atoms with Crippen LogP contribution in [0.3, 0.4) is 0 Å². The average Bonchev–Trinajstić information content (AvgIpc) is 3.48. The maximum atomic E-state index is 13.1. The minimum Gasteiger partial charge on any atom is -0.493 e. The number of nitrogens with one attached hydrogen (secondary N) is 1. The summed E-state index contributed by atoms with van der Waals surface area (Å²) in [6.07, 6.45) is 0. The number of benzene rings is 2. The van der Waals surface area contributed by atoms with Gasteiger partial charge in [-0.2, -0.15) is 9.78 Å². The normalized spacial score (nSPS) is 11.5. The Kier molecular flexibility index (Phi) is 7.41. The van der Waals surface area contributed by atoms with E-state index in [4.69, 9.17) is 15.1 Å². The Morgan fingerprint density at radius 2 is 1.97 bits per heavy atom. The highest BCUT2D eigenvalue weighted by atomic mass is 32.2. The van der Waals surface area contributed by atoms with E-state index in [1.165, 1.54) is 16.4 Å². The van der Waals surface area contributed by atoms with Crippen LogP contribution in [0.2, 0.25) is 0 Å². The Hall–Kier alpha value is -4.19. The molecule has 0 spiro atoms. The van der Waals surface area contributed by atoms with E-state index >= 15 is 0 Å². The zero-order valence-corrected chi connectivity index (χ0v) is 20.2. The molecule has 0 fully saturated rings. The van der Waals surface area contributed by atoms with Crippen molar-refractivity contribution in [1.29, 1.82) is 0 Å². The number of ether oxygens (including phenoxy) is 1. The minimum absolute atomic E-state index is 0.0323. The van der Waals surface area contributed by atoms with Crippen molar-refractivity contribution in [2.75, 3.05) is 12.3 Å². The number of amides is 1. The molecular weight excluding hydrogens is 468 g/mol. The summed E-state index contributed by atoms with van der Waals surface area (Å²) >= 11 is 1.51. The number of aryl methyl sites for hydroxylation is 1. The van der Waals surface area contributed by atoms with Gasteiger partial charge in [-0.05, 0) is 55.4 Å². The van der Waals surface area contributed by atoms with E-state index in [-0.39, 0.29) is 17.3 Å². The summed E-state index contributed by atoms with van der Waals surface area (Å²) < 4.78 is 11.7. The van der Waals surface area contributed by atoms with Gasteiger partial charge in [-0.3, -0.25) is 4.79 Å². The van der Waals surface area contributed by atoms with Gasteiger partial charge >= 0.3 is 0 Å². The largest absolute Gasteiger partial charge is 0.493 e. The molecule has 0 radical (unpaired) electrons. The first-order valence-corrected chi connectivity index (χ1v) is 11.8. The van der Waals surface area contributed by atoms with Crippen LogP contribution in [0.5, 0.6) is 5.75 Å². The Bertz CT molecular complexity index is 1350. The highest BCUT2D eigenvalue weighted by Gasteiger charge is 2.24. The fraction of sp³-hybridized carbons (Fsp3) is 0.217. The van der Waals surface area contributed by atoms with Crippen LogP contribution in [0, 0.1) is 6.92 Å². The van der Waals surface area contributed by atoms with Gasteiger partial charge in [0.15, 0.2) is 5.69 Å². The summed E-state index contributed by atoms with van der Waals surface area (Å²) in [4.78, 5) is 14.1. The van der Waals surface area contributed by atoms with Crippen molar-refractivity contribution in [3.63, 3.8) is 0 Å². The summed E-state index contributed by atoms with van der Waals surface area (Å²) in [7, 11) is 0. The van der Waals surface area contributed by atoms with E-state index in [1.54, 1.807) is 6.92 Å². The number of thioether (sulfide) groups is 1. The zero-order chi connectivity index (χ0) is 24.8. The first kappa shape index (κ1) is 24.0. The number of nitrogens with two attached hydrogens (primary N) is 1. The molecule has 0 atom stereocenters. The van der Waals surface area contributed by atoms with Crippen LogP contribution in [0.1, 0.15) is 41.2 Å². The fourth-order valence-electron chi connectivity index (χ4n) is 3.20. The predicted molar refractivity (Wildman–Crippen MR) is 132 cm³/mol. The topological polar surface area (TPSA) is 146 Å². The lowest BCUT2D eigenvalue weighted by Crippen LogP contribution is -2.21. The van der Waals surface area contributed by atoms with Crippen molar-refractivity contribution in [1.82, 2.24) is 30.7 Å². The predicted octanol–water partition coefficient (Wildman–Crippen LogP) is 3.39. The van der Waals surface area contributed by atoms with Crippen LogP contribution in [-0.2, 0) is 5.75 Å². The van der Waals surface area contributed by atoms with E-state index in [1.807, 2.05) is 62.4 Å². The van der Waals surface area contributed by atoms with Crippen molar-refractivity contribution in [2.45, 2.75) is 31.4 Å². The molecule has 0 aliphatic heterocycles. The number of nitrogens with zero attached hydrogens (tertiary/aromatic N) is 6. The number of hydrazone groups is 1. The molecule has 0 bridgehead atoms. The molecule has 180 valence electrons. The number of carbonyl (C=O) groups excluding carboxylic acids is 1. The van der Waals surface area contributed by atoms with E-state index in [0.29, 0.717) is 29.5 Å². The number of nitrogen functional groups attached to an aromatic ring is 1. The van der Waals surface area contributed by atoms with Crippen molar-refractivity contribution in [3.8, 4) is 11.6 Å². The summed E-state index contributed by atoms with van der Waals surface area (Å²) in [6.45, 7) is 6.22. The maximum absolute atomic E-state index is 13.1. The molecule has 0 saturated heterocycles. The number of carbonyl (C=O) groups is 1. The Morgan fingerprint density at radius 1 is 1.20 bits per heavy atom. The fourth-order valence-corrected chi connectivity index (χ4v) is 4.09. The lowest BCUT2D eigenvalue weighted by molar-refractivity contribution is 0.0949. The molecule has 0 aliphatic carbocycles. The van der Waals surface area contributed by atoms with Crippen molar-refractivity contribution in [2.24, 2.45) is 5.10 Å². The SMILES string of the molecule is CCOc1ccccc1C(C)=NNC(=O)c1nnn(-c2nonc2N)c1CSc1ccc(C)cc1. The molecule has 3 N–H and O–H groups in total. The molecule has 0 aliphatic rings. The van der Waals surface area contributed by atoms with Gasteiger partial charge in [0, 0.05) is 16.2 Å². The average molecular weight is 493 g/mol. The number of rotatable bonds is 9. The molecule has 1 amide bonds. The third-order valence-corrected chi connectivity index (χ3v) is 6.00. The van der Waals surface area contributed by atoms with Crippen LogP contribution < -0.4 is 15.9 Å². The van der Waals surface area contributed by atoms with Crippen LogP contribution >= 0.6 is 11.8 Å². The molecule has 2 aromatic carbocycles. The summed E-state index contributed by atoms with van der Waals surface area (Å²) in [5.41, 5.74) is 11.5. The maximum Gasteiger partial charge on any atom is 0.293 e. The summed E-state index contributed by atoms with van der Waals surface area (Å²) in [5, 5.41) is 19.8. The van der Waals surface area contributed by atoms with E-state index in [9.17, 15) is 4.79 Å². The van der Waals surface area contributed by atoms with Crippen LogP contribution in [-0.4, -0.2) is 43.5 Å². The highest BCUT2D eigenvalue weighted by Crippen LogP contribution is 2.26. The van der Waals surface area contributed by atoms with E-state index < -0.39 is 5.91 Å². The minimum atomic E-state index is -0.529. The van der Waals surface area contributed by atoms with Crippen LogP contribution in [0.25, 0.3) is 5.82 Å². The van der Waals surface area contributed by atoms with Gasteiger partial charge in [-0.25, -0.2) is 10.1 Å². The number of hydrogen-bond acceptors (Lipinski definition) is 10. The molecule has 0 unspecified atom stereocenters. The third kappa shape index (κ3) is 5.49. The van der Waals surface area contributed by atoms with Gasteiger partial charge in [-0.1, -0.05) is 35.0 Å². The lowest BCUT2D eigenvalue weighted by Gasteiger charge is -2.09. The number of hydrogen-bond donors (Lipinski definition) is 2. The van der Waals surface area contributed by atoms with Gasteiger partial charge in [0.1, 0.15) is 5.75 Å². The van der Waals surface area contributed by atoms with Gasteiger partial charge in [-0.15, -0.1) is 16.9 Å². The van der Waals surface area contributed by atoms with Crippen LogP contribution in [0.4, 0.5) is 5.82 Å². The quantitative estimate of drug-likeness (QED) is 0.204. The summed E-state index contributed by atoms with van der Waals surface area (Å²) in [6, 6.07) is 15.5. The molecule has 2 aromatic heterocycles. The van der Waals surface area contributed by atoms with Crippen molar-refractivity contribution >= 4 is 29.2 Å². The molecule has 35 heavy (non-hydrogen) atoms. The van der Waals surface area contributed by atoms with Crippen molar-refractivity contribution < 1.29 is 14.2 Å². The zero-order valence-electron chi connectivity index (χ0n) is 19.4. The molecule has 4 rings (SSSR count). The van der Waals surface area contributed by atoms with E-state index in [0.717, 1.165) is 16.0 Å². The van der Waals surface area contributed by atoms with Crippen LogP contribution in [0.15, 0.2) is 63.2 Å². The highest BCUT2D eigenvalue weighted by molar-refractivity contribution is 7.98. The second-order valence-electron chi connectivity index (χ2n) is 7.44. The number of aromatic nitrogens is 5. The molecule has 2 heterocycles. The number of para-hydroxylation sites is 1. The molecule has 4 aromatic rings. The third-order valence-electron chi connectivity index (χ3n) is 4.97. The number of anilines is 1. The monoisotopic (exact) mass is 492 g/mol. The molecule has 0 saturated carbocycles. The lowest BCUT2D eigenvalue weighted by atomic mass is 10.1. The molecular formula is C23H24N8O3S. The van der Waals surface area contributed by atoms with Crippen molar-refractivity contribution in [3.05, 3.63) is 71.0 Å². The standard InChI is InChI=1S/C23H24N8O3S/c1-4-33-19-8-6-5-7-17(19)15(3)25-27-23(32)20-18(13-35-16-11-9-14(2)10-12-16)31(30-26-20)22-21(24)28-34-29-22/h5-12H,4,13H2,1-3H3,(H2,24,28)(H,27,32). The molecule has 11 nitrogen and oxygen atoms in total. The second kappa shape index (κ2) is 10.8. The Morgan fingerprint density at radius 3 is 2.69 bits per heavy atom. The Balaban J connectivity index is 1.60. The van der Waals surface area contributed by atoms with Gasteiger partial charge in [0.25, 0.3) is 5.91 Å².